The van der Waals surface area contributed by atoms with Crippen LogP contribution in [0.4, 0.5) is 0 Å². The summed E-state index contributed by atoms with van der Waals surface area (Å²) >= 11 is 0. The van der Waals surface area contributed by atoms with Gasteiger partial charge >= 0.3 is 0 Å². The zero-order valence-corrected chi connectivity index (χ0v) is 18.7. The highest BCUT2D eigenvalue weighted by molar-refractivity contribution is 7.89. The fourth-order valence-corrected chi connectivity index (χ4v) is 3.51. The lowest BCUT2D eigenvalue weighted by molar-refractivity contribution is -0.138. The summed E-state index contributed by atoms with van der Waals surface area (Å²) in [4.78, 5) is 14.4. The zero-order chi connectivity index (χ0) is 22.0. The maximum Gasteiger partial charge on any atom is 0.263 e. The molecule has 0 saturated carbocycles. The van der Waals surface area contributed by atoms with Gasteiger partial charge in [0.25, 0.3) is 5.91 Å². The van der Waals surface area contributed by atoms with E-state index in [9.17, 15) is 13.2 Å². The van der Waals surface area contributed by atoms with Crippen molar-refractivity contribution >= 4 is 15.9 Å². The topological polar surface area (TPSA) is 89.7 Å². The van der Waals surface area contributed by atoms with Gasteiger partial charge in [-0.2, -0.15) is 0 Å². The highest BCUT2D eigenvalue weighted by Crippen LogP contribution is 2.26. The maximum atomic E-state index is 12.8. The molecular weight excluding hydrogens is 388 g/mol. The molecule has 2 aromatic rings. The highest BCUT2D eigenvalue weighted by Gasteiger charge is 2.25. The quantitative estimate of drug-likeness (QED) is 0.776. The second kappa shape index (κ2) is 8.55. The van der Waals surface area contributed by atoms with Crippen LogP contribution in [0.25, 0.3) is 0 Å². The molecular formula is C22H30N2O4S. The molecule has 0 aromatic heterocycles. The minimum atomic E-state index is -3.80. The predicted molar refractivity (Wildman–Crippen MR) is 114 cm³/mol. The Labute approximate surface area is 173 Å². The summed E-state index contributed by atoms with van der Waals surface area (Å²) in [5.74, 6) is 0.412. The van der Waals surface area contributed by atoms with E-state index in [4.69, 9.17) is 9.88 Å². The number of benzene rings is 2. The van der Waals surface area contributed by atoms with Gasteiger partial charge in [0, 0.05) is 7.05 Å². The highest BCUT2D eigenvalue weighted by atomic mass is 32.2. The number of nitrogens with two attached hydrogens (primary N) is 1. The number of primary sulfonamides is 1. The molecule has 2 atom stereocenters. The van der Waals surface area contributed by atoms with E-state index < -0.39 is 16.1 Å². The molecule has 6 nitrogen and oxygen atoms in total. The van der Waals surface area contributed by atoms with E-state index in [0.29, 0.717) is 11.3 Å². The molecule has 0 aliphatic heterocycles. The first-order chi connectivity index (χ1) is 13.3. The fraction of sp³-hybridized carbons (Fsp3) is 0.409. The normalized spacial score (nSPS) is 14.2. The van der Waals surface area contributed by atoms with Gasteiger partial charge in [-0.05, 0) is 54.7 Å². The molecule has 0 spiro atoms. The Morgan fingerprint density at radius 3 is 2.17 bits per heavy atom. The molecule has 0 radical (unpaired) electrons. The Bertz CT molecular complexity index is 963. The average molecular weight is 419 g/mol. The number of carbonyl (C=O) groups excluding carboxylic acids is 1. The van der Waals surface area contributed by atoms with Gasteiger partial charge in [0.05, 0.1) is 10.9 Å². The molecule has 0 aliphatic rings. The summed E-state index contributed by atoms with van der Waals surface area (Å²) in [6, 6.07) is 13.7. The molecule has 2 N–H and O–H groups in total. The standard InChI is InChI=1S/C22H30N2O4S/c1-15(17-8-7-9-20(14-17)29(23,26)27)24(6)21(25)16(2)28-19-12-10-18(11-13-19)22(3,4)5/h7-16H,1-6H3,(H2,23,26,27). The Morgan fingerprint density at radius 2 is 1.66 bits per heavy atom. The van der Waals surface area contributed by atoms with Crippen molar-refractivity contribution < 1.29 is 17.9 Å². The van der Waals surface area contributed by atoms with Gasteiger partial charge in [0.2, 0.25) is 10.0 Å². The van der Waals surface area contributed by atoms with Crippen LogP contribution in [0, 0.1) is 0 Å². The first-order valence-electron chi connectivity index (χ1n) is 9.47. The number of carbonyl (C=O) groups is 1. The van der Waals surface area contributed by atoms with Crippen LogP contribution in [-0.2, 0) is 20.2 Å². The van der Waals surface area contributed by atoms with E-state index in [1.54, 1.807) is 26.1 Å². The van der Waals surface area contributed by atoms with Gasteiger partial charge in [0.1, 0.15) is 5.75 Å². The third-order valence-electron chi connectivity index (χ3n) is 4.98. The van der Waals surface area contributed by atoms with E-state index in [-0.39, 0.29) is 22.3 Å². The van der Waals surface area contributed by atoms with Gasteiger partial charge in [-0.25, -0.2) is 13.6 Å². The molecule has 2 rings (SSSR count). The number of hydrogen-bond donors (Lipinski definition) is 1. The molecule has 29 heavy (non-hydrogen) atoms. The summed E-state index contributed by atoms with van der Waals surface area (Å²) in [7, 11) is -2.14. The Hall–Kier alpha value is -2.38. The third-order valence-corrected chi connectivity index (χ3v) is 5.89. The van der Waals surface area contributed by atoms with Crippen LogP contribution in [0.5, 0.6) is 5.75 Å². The zero-order valence-electron chi connectivity index (χ0n) is 17.8. The largest absolute Gasteiger partial charge is 0.481 e. The SMILES string of the molecule is CC(Oc1ccc(C(C)(C)C)cc1)C(=O)N(C)C(C)c1cccc(S(N)(=O)=O)c1. The molecule has 7 heteroatoms. The van der Waals surface area contributed by atoms with E-state index in [0.717, 1.165) is 0 Å². The Kier molecular flexibility index (Phi) is 6.75. The second-order valence-electron chi connectivity index (χ2n) is 8.28. The lowest BCUT2D eigenvalue weighted by Crippen LogP contribution is -2.39. The molecule has 2 aromatic carbocycles. The van der Waals surface area contributed by atoms with Gasteiger partial charge in [-0.15, -0.1) is 0 Å². The molecule has 0 bridgehead atoms. The molecule has 2 unspecified atom stereocenters. The minimum Gasteiger partial charge on any atom is -0.481 e. The summed E-state index contributed by atoms with van der Waals surface area (Å²) in [5.41, 5.74) is 1.90. The summed E-state index contributed by atoms with van der Waals surface area (Å²) in [5, 5.41) is 5.20. The van der Waals surface area contributed by atoms with Crippen molar-refractivity contribution in [1.29, 1.82) is 0 Å². The summed E-state index contributed by atoms with van der Waals surface area (Å²) in [6.45, 7) is 9.93. The van der Waals surface area contributed by atoms with Crippen LogP contribution >= 0.6 is 0 Å². The molecule has 0 saturated heterocycles. The minimum absolute atomic E-state index is 0.0194. The van der Waals surface area contributed by atoms with Crippen LogP contribution in [0.3, 0.4) is 0 Å². The lowest BCUT2D eigenvalue weighted by atomic mass is 9.87. The number of sulfonamides is 1. The van der Waals surface area contributed by atoms with Crippen molar-refractivity contribution in [2.24, 2.45) is 5.14 Å². The fourth-order valence-electron chi connectivity index (χ4n) is 2.94. The number of likely N-dealkylation sites (N-methyl/N-ethyl adjacent to an activating group) is 1. The average Bonchev–Trinajstić information content (AvgIpc) is 2.65. The van der Waals surface area contributed by atoms with E-state index in [2.05, 4.69) is 20.8 Å². The number of rotatable bonds is 6. The van der Waals surface area contributed by atoms with Gasteiger partial charge < -0.3 is 9.64 Å². The molecule has 0 heterocycles. The molecule has 1 amide bonds. The predicted octanol–water partition coefficient (Wildman–Crippen LogP) is 3.62. The molecule has 158 valence electrons. The number of nitrogens with zero attached hydrogens (tertiary/aromatic N) is 1. The monoisotopic (exact) mass is 418 g/mol. The maximum absolute atomic E-state index is 12.8. The van der Waals surface area contributed by atoms with Crippen LogP contribution in [0.2, 0.25) is 0 Å². The molecule has 0 fully saturated rings. The first-order valence-corrected chi connectivity index (χ1v) is 11.0. The van der Waals surface area contributed by atoms with Crippen molar-refractivity contribution in [1.82, 2.24) is 4.90 Å². The van der Waals surface area contributed by atoms with Crippen molar-refractivity contribution in [3.8, 4) is 5.75 Å². The number of ether oxygens (including phenoxy) is 1. The van der Waals surface area contributed by atoms with Gasteiger partial charge in [-0.1, -0.05) is 45.0 Å². The van der Waals surface area contributed by atoms with Crippen molar-refractivity contribution in [2.45, 2.75) is 57.1 Å². The summed E-state index contributed by atoms with van der Waals surface area (Å²) in [6.07, 6.45) is -0.690. The van der Waals surface area contributed by atoms with Gasteiger partial charge in [-0.3, -0.25) is 4.79 Å². The number of hydrogen-bond acceptors (Lipinski definition) is 4. The molecule has 0 aliphatic carbocycles. The first kappa shape index (κ1) is 22.9. The van der Waals surface area contributed by atoms with Crippen LogP contribution in [-0.4, -0.2) is 32.4 Å². The van der Waals surface area contributed by atoms with E-state index in [1.165, 1.54) is 22.6 Å². The van der Waals surface area contributed by atoms with Crippen molar-refractivity contribution in [3.63, 3.8) is 0 Å². The van der Waals surface area contributed by atoms with Crippen LogP contribution < -0.4 is 9.88 Å². The third kappa shape index (κ3) is 5.81. The van der Waals surface area contributed by atoms with Crippen LogP contribution in [0.1, 0.15) is 51.8 Å². The van der Waals surface area contributed by atoms with Crippen LogP contribution in [0.15, 0.2) is 53.4 Å². The van der Waals surface area contributed by atoms with Crippen molar-refractivity contribution in [3.05, 3.63) is 59.7 Å². The number of amides is 1. The summed E-state index contributed by atoms with van der Waals surface area (Å²) < 4.78 is 29.0. The Balaban J connectivity index is 2.10. The van der Waals surface area contributed by atoms with Crippen molar-refractivity contribution in [2.75, 3.05) is 7.05 Å². The smallest absolute Gasteiger partial charge is 0.263 e. The van der Waals surface area contributed by atoms with Gasteiger partial charge in [0.15, 0.2) is 6.10 Å². The van der Waals surface area contributed by atoms with E-state index in [1.807, 2.05) is 31.2 Å². The Morgan fingerprint density at radius 1 is 1.07 bits per heavy atom. The second-order valence-corrected chi connectivity index (χ2v) is 9.84. The lowest BCUT2D eigenvalue weighted by Gasteiger charge is -2.28. The van der Waals surface area contributed by atoms with E-state index >= 15 is 0 Å².